The molecule has 4 heteroatoms. The van der Waals surface area contributed by atoms with Crippen LogP contribution in [0.15, 0.2) is 42.5 Å². The molecule has 0 fully saturated rings. The lowest BCUT2D eigenvalue weighted by Crippen LogP contribution is -2.42. The van der Waals surface area contributed by atoms with Gasteiger partial charge in [-0.1, -0.05) is 32.0 Å². The molecule has 132 valence electrons. The molecule has 1 amide bonds. The minimum absolute atomic E-state index is 0.0243. The van der Waals surface area contributed by atoms with Gasteiger partial charge in [0.05, 0.1) is 20.3 Å². The maximum absolute atomic E-state index is 13.1. The number of carbonyl (C=O) groups is 1. The zero-order valence-corrected chi connectivity index (χ0v) is 15.3. The third-order valence-corrected chi connectivity index (χ3v) is 4.83. The molecule has 0 saturated heterocycles. The molecule has 0 aliphatic carbocycles. The first-order valence-electron chi connectivity index (χ1n) is 8.67. The van der Waals surface area contributed by atoms with Crippen LogP contribution in [0.2, 0.25) is 0 Å². The Labute approximate surface area is 149 Å². The molecule has 0 bridgehead atoms. The normalized spacial score (nSPS) is 16.5. The van der Waals surface area contributed by atoms with E-state index in [1.165, 1.54) is 5.56 Å². The standard InChI is InChI=1S/C21H25NO3/c1-14(2)20-17-13-19(25-4)18(24-3)12-16(17)10-11-22(20)21(23)15-8-6-5-7-9-15/h5-9,12-14,20H,10-11H2,1-4H3. The molecule has 0 spiro atoms. The first-order chi connectivity index (χ1) is 12.1. The first-order valence-corrected chi connectivity index (χ1v) is 8.67. The molecular formula is C21H25NO3. The maximum Gasteiger partial charge on any atom is 0.254 e. The van der Waals surface area contributed by atoms with Crippen LogP contribution < -0.4 is 9.47 Å². The highest BCUT2D eigenvalue weighted by molar-refractivity contribution is 5.94. The van der Waals surface area contributed by atoms with Crippen molar-refractivity contribution < 1.29 is 14.3 Å². The number of ether oxygens (including phenoxy) is 2. The third kappa shape index (κ3) is 3.21. The summed E-state index contributed by atoms with van der Waals surface area (Å²) in [5.74, 6) is 1.83. The van der Waals surface area contributed by atoms with Crippen LogP contribution in [0.5, 0.6) is 11.5 Å². The predicted molar refractivity (Wildman–Crippen MR) is 98.3 cm³/mol. The molecule has 2 aromatic carbocycles. The average Bonchev–Trinajstić information content (AvgIpc) is 2.65. The summed E-state index contributed by atoms with van der Waals surface area (Å²) in [5, 5.41) is 0. The highest BCUT2D eigenvalue weighted by Crippen LogP contribution is 2.41. The largest absolute Gasteiger partial charge is 0.493 e. The van der Waals surface area contributed by atoms with Gasteiger partial charge in [-0.3, -0.25) is 4.79 Å². The van der Waals surface area contributed by atoms with Crippen LogP contribution in [0.3, 0.4) is 0 Å². The third-order valence-electron chi connectivity index (χ3n) is 4.83. The summed E-state index contributed by atoms with van der Waals surface area (Å²) in [6.07, 6.45) is 0.817. The number of benzene rings is 2. The van der Waals surface area contributed by atoms with Crippen molar-refractivity contribution in [1.82, 2.24) is 4.90 Å². The molecule has 0 aromatic heterocycles. The topological polar surface area (TPSA) is 38.8 Å². The van der Waals surface area contributed by atoms with Crippen molar-refractivity contribution in [2.45, 2.75) is 26.3 Å². The summed E-state index contributed by atoms with van der Waals surface area (Å²) in [6.45, 7) is 5.02. The lowest BCUT2D eigenvalue weighted by molar-refractivity contribution is 0.0603. The molecule has 0 saturated carbocycles. The van der Waals surface area contributed by atoms with Gasteiger partial charge < -0.3 is 14.4 Å². The molecule has 1 atom stereocenters. The van der Waals surface area contributed by atoms with E-state index in [9.17, 15) is 4.79 Å². The molecule has 1 heterocycles. The van der Waals surface area contributed by atoms with E-state index in [1.54, 1.807) is 14.2 Å². The summed E-state index contributed by atoms with van der Waals surface area (Å²) in [5.41, 5.74) is 3.12. The SMILES string of the molecule is COc1cc2c(cc1OC)C(C(C)C)N(C(=O)c1ccccc1)CC2. The lowest BCUT2D eigenvalue weighted by atomic mass is 9.85. The Morgan fingerprint density at radius 2 is 1.72 bits per heavy atom. The van der Waals surface area contributed by atoms with Crippen LogP contribution in [0.1, 0.15) is 41.4 Å². The maximum atomic E-state index is 13.1. The molecular weight excluding hydrogens is 314 g/mol. The Bertz CT molecular complexity index is 755. The Morgan fingerprint density at radius 1 is 1.08 bits per heavy atom. The summed E-state index contributed by atoms with van der Waals surface area (Å²) >= 11 is 0. The highest BCUT2D eigenvalue weighted by Gasteiger charge is 2.34. The number of carbonyl (C=O) groups excluding carboxylic acids is 1. The Morgan fingerprint density at radius 3 is 2.32 bits per heavy atom. The smallest absolute Gasteiger partial charge is 0.254 e. The van der Waals surface area contributed by atoms with Gasteiger partial charge in [-0.05, 0) is 47.7 Å². The number of nitrogens with zero attached hydrogens (tertiary/aromatic N) is 1. The minimum Gasteiger partial charge on any atom is -0.493 e. The van der Waals surface area contributed by atoms with Crippen molar-refractivity contribution in [1.29, 1.82) is 0 Å². The quantitative estimate of drug-likeness (QED) is 0.842. The monoisotopic (exact) mass is 339 g/mol. The van der Waals surface area contributed by atoms with Crippen molar-refractivity contribution in [2.24, 2.45) is 5.92 Å². The first kappa shape index (κ1) is 17.3. The van der Waals surface area contributed by atoms with E-state index in [-0.39, 0.29) is 11.9 Å². The molecule has 4 nitrogen and oxygen atoms in total. The lowest BCUT2D eigenvalue weighted by Gasteiger charge is -2.40. The fourth-order valence-corrected chi connectivity index (χ4v) is 3.67. The molecule has 0 radical (unpaired) electrons. The van der Waals surface area contributed by atoms with Crippen LogP contribution in [0, 0.1) is 5.92 Å². The molecule has 3 rings (SSSR count). The van der Waals surface area contributed by atoms with Gasteiger partial charge >= 0.3 is 0 Å². The zero-order valence-electron chi connectivity index (χ0n) is 15.3. The number of hydrogen-bond acceptors (Lipinski definition) is 3. The van der Waals surface area contributed by atoms with Gasteiger partial charge in [-0.2, -0.15) is 0 Å². The summed E-state index contributed by atoms with van der Waals surface area (Å²) < 4.78 is 10.9. The summed E-state index contributed by atoms with van der Waals surface area (Å²) in [4.78, 5) is 15.1. The van der Waals surface area contributed by atoms with E-state index < -0.39 is 0 Å². The van der Waals surface area contributed by atoms with Crippen LogP contribution in [0.25, 0.3) is 0 Å². The molecule has 1 unspecified atom stereocenters. The summed E-state index contributed by atoms with van der Waals surface area (Å²) in [6, 6.07) is 13.6. The number of amides is 1. The van der Waals surface area contributed by atoms with Gasteiger partial charge in [-0.25, -0.2) is 0 Å². The minimum atomic E-state index is 0.0243. The Balaban J connectivity index is 2.03. The highest BCUT2D eigenvalue weighted by atomic mass is 16.5. The van der Waals surface area contributed by atoms with Crippen molar-refractivity contribution in [3.05, 3.63) is 59.2 Å². The molecule has 1 aliphatic heterocycles. The number of methoxy groups -OCH3 is 2. The van der Waals surface area contributed by atoms with Gasteiger partial charge in [-0.15, -0.1) is 0 Å². The second-order valence-electron chi connectivity index (χ2n) is 6.71. The van der Waals surface area contributed by atoms with Crippen molar-refractivity contribution in [3.8, 4) is 11.5 Å². The molecule has 2 aromatic rings. The number of hydrogen-bond donors (Lipinski definition) is 0. The van der Waals surface area contributed by atoms with E-state index in [4.69, 9.17) is 9.47 Å². The zero-order chi connectivity index (χ0) is 18.0. The van der Waals surface area contributed by atoms with Crippen molar-refractivity contribution in [3.63, 3.8) is 0 Å². The van der Waals surface area contributed by atoms with Gasteiger partial charge in [0.2, 0.25) is 0 Å². The second-order valence-corrected chi connectivity index (χ2v) is 6.71. The van der Waals surface area contributed by atoms with E-state index in [0.717, 1.165) is 23.3 Å². The van der Waals surface area contributed by atoms with E-state index in [1.807, 2.05) is 47.4 Å². The molecule has 25 heavy (non-hydrogen) atoms. The Kier molecular flexibility index (Phi) is 4.98. The molecule has 1 aliphatic rings. The van der Waals surface area contributed by atoms with Crippen molar-refractivity contribution in [2.75, 3.05) is 20.8 Å². The number of rotatable bonds is 4. The van der Waals surface area contributed by atoms with E-state index in [0.29, 0.717) is 18.2 Å². The van der Waals surface area contributed by atoms with Gasteiger partial charge in [0.25, 0.3) is 5.91 Å². The van der Waals surface area contributed by atoms with E-state index in [2.05, 4.69) is 13.8 Å². The van der Waals surface area contributed by atoms with Crippen LogP contribution in [0.4, 0.5) is 0 Å². The van der Waals surface area contributed by atoms with E-state index >= 15 is 0 Å². The Hall–Kier alpha value is -2.49. The van der Waals surface area contributed by atoms with Crippen molar-refractivity contribution >= 4 is 5.91 Å². The number of fused-ring (bicyclic) bond motifs is 1. The second kappa shape index (κ2) is 7.18. The summed E-state index contributed by atoms with van der Waals surface area (Å²) in [7, 11) is 3.29. The predicted octanol–water partition coefficient (Wildman–Crippen LogP) is 4.10. The fourth-order valence-electron chi connectivity index (χ4n) is 3.67. The van der Waals surface area contributed by atoms with Crippen LogP contribution in [-0.4, -0.2) is 31.6 Å². The van der Waals surface area contributed by atoms with Gasteiger partial charge in [0.1, 0.15) is 0 Å². The van der Waals surface area contributed by atoms with Crippen LogP contribution in [-0.2, 0) is 6.42 Å². The average molecular weight is 339 g/mol. The van der Waals surface area contributed by atoms with Gasteiger partial charge in [0.15, 0.2) is 11.5 Å². The molecule has 0 N–H and O–H groups in total. The fraction of sp³-hybridized carbons (Fsp3) is 0.381. The van der Waals surface area contributed by atoms with Gasteiger partial charge in [0, 0.05) is 12.1 Å². The van der Waals surface area contributed by atoms with Crippen LogP contribution >= 0.6 is 0 Å².